The van der Waals surface area contributed by atoms with Gasteiger partial charge in [-0.3, -0.25) is 25.1 Å². The van der Waals surface area contributed by atoms with E-state index in [4.69, 9.17) is 0 Å². The van der Waals surface area contributed by atoms with Gasteiger partial charge in [0.2, 0.25) is 0 Å². The fourth-order valence-electron chi connectivity index (χ4n) is 1.22. The maximum absolute atomic E-state index is 11.2. The van der Waals surface area contributed by atoms with Crippen LogP contribution in [0, 0.1) is 10.1 Å². The fourth-order valence-corrected chi connectivity index (χ4v) is 1.89. The number of aromatic amines is 2. The van der Waals surface area contributed by atoms with E-state index in [-0.39, 0.29) is 21.1 Å². The lowest BCUT2D eigenvalue weighted by atomic mass is 10.2. The molecule has 2 N–H and O–H groups in total. The molecule has 6 nitrogen and oxygen atoms in total. The number of nitro benzene ring substituents is 1. The Morgan fingerprint density at radius 2 is 2.07 bits per heavy atom. The number of hydrogen-bond acceptors (Lipinski definition) is 3. The Morgan fingerprint density at radius 3 is 2.71 bits per heavy atom. The average Bonchev–Trinajstić information content (AvgIpc) is 2.48. The van der Waals surface area contributed by atoms with E-state index in [1.165, 1.54) is 12.1 Å². The normalized spacial score (nSPS) is 10.6. The zero-order valence-electron chi connectivity index (χ0n) is 6.70. The molecule has 0 aliphatic carbocycles. The van der Waals surface area contributed by atoms with Gasteiger partial charge in [-0.25, -0.2) is 0 Å². The van der Waals surface area contributed by atoms with E-state index in [9.17, 15) is 14.9 Å². The van der Waals surface area contributed by atoms with Gasteiger partial charge < -0.3 is 0 Å². The van der Waals surface area contributed by atoms with Crippen molar-refractivity contribution in [2.75, 3.05) is 0 Å². The first-order chi connectivity index (χ1) is 6.61. The summed E-state index contributed by atoms with van der Waals surface area (Å²) < 4.78 is 0.197. The molecule has 0 bridgehead atoms. The van der Waals surface area contributed by atoms with Crippen molar-refractivity contribution in [2.24, 2.45) is 0 Å². The lowest BCUT2D eigenvalue weighted by Crippen LogP contribution is -1.99. The molecule has 0 saturated carbocycles. The Bertz CT molecular complexity index is 571. The SMILES string of the molecule is O=c1[nH][nH]c2ccc([N+](=O)[O-])c(Br)c12. The number of nitrogens with one attached hydrogen (secondary N) is 2. The van der Waals surface area contributed by atoms with Crippen LogP contribution in [0.15, 0.2) is 21.4 Å². The summed E-state index contributed by atoms with van der Waals surface area (Å²) in [4.78, 5) is 21.2. The predicted molar refractivity (Wildman–Crippen MR) is 53.3 cm³/mol. The molecule has 0 spiro atoms. The highest BCUT2D eigenvalue weighted by molar-refractivity contribution is 9.10. The molecule has 2 aromatic rings. The quantitative estimate of drug-likeness (QED) is 0.600. The number of nitro groups is 1. The van der Waals surface area contributed by atoms with Crippen molar-refractivity contribution in [3.63, 3.8) is 0 Å². The molecule has 0 fully saturated rings. The highest BCUT2D eigenvalue weighted by Gasteiger charge is 2.17. The van der Waals surface area contributed by atoms with Crippen molar-refractivity contribution in [2.45, 2.75) is 0 Å². The second kappa shape index (κ2) is 2.95. The van der Waals surface area contributed by atoms with Gasteiger partial charge in [0.05, 0.1) is 15.8 Å². The van der Waals surface area contributed by atoms with Gasteiger partial charge in [0.15, 0.2) is 0 Å². The molecule has 0 radical (unpaired) electrons. The molecule has 1 aromatic heterocycles. The van der Waals surface area contributed by atoms with E-state index in [1.807, 2.05) is 0 Å². The molecule has 0 amide bonds. The molecular formula is C7H4BrN3O3. The summed E-state index contributed by atoms with van der Waals surface area (Å²) in [6, 6.07) is 2.81. The molecule has 72 valence electrons. The van der Waals surface area contributed by atoms with Gasteiger partial charge in [0.25, 0.3) is 11.2 Å². The number of halogens is 1. The molecule has 1 aromatic carbocycles. The Hall–Kier alpha value is -1.63. The minimum atomic E-state index is -0.546. The molecule has 14 heavy (non-hydrogen) atoms. The molecule has 0 atom stereocenters. The summed E-state index contributed by atoms with van der Waals surface area (Å²) in [7, 11) is 0. The van der Waals surface area contributed by atoms with Gasteiger partial charge in [0.1, 0.15) is 4.47 Å². The largest absolute Gasteiger partial charge is 0.297 e. The molecule has 7 heteroatoms. The Kier molecular flexibility index (Phi) is 1.88. The van der Waals surface area contributed by atoms with Crippen molar-refractivity contribution >= 4 is 32.5 Å². The van der Waals surface area contributed by atoms with E-state index >= 15 is 0 Å². The topological polar surface area (TPSA) is 91.8 Å². The summed E-state index contributed by atoms with van der Waals surface area (Å²) in [6.45, 7) is 0. The summed E-state index contributed by atoms with van der Waals surface area (Å²) in [6.07, 6.45) is 0. The summed E-state index contributed by atoms with van der Waals surface area (Å²) in [5.74, 6) is 0. The minimum absolute atomic E-state index is 0.123. The van der Waals surface area contributed by atoms with Crippen molar-refractivity contribution in [1.82, 2.24) is 10.2 Å². The highest BCUT2D eigenvalue weighted by atomic mass is 79.9. The molecule has 0 aliphatic heterocycles. The fraction of sp³-hybridized carbons (Fsp3) is 0. The van der Waals surface area contributed by atoms with Crippen LogP contribution in [0.3, 0.4) is 0 Å². The molecule has 0 saturated heterocycles. The average molecular weight is 258 g/mol. The lowest BCUT2D eigenvalue weighted by Gasteiger charge is -1.94. The molecule has 0 aliphatic rings. The summed E-state index contributed by atoms with van der Waals surface area (Å²) in [5, 5.41) is 15.8. The van der Waals surface area contributed by atoms with Crippen molar-refractivity contribution in [3.05, 3.63) is 37.1 Å². The van der Waals surface area contributed by atoms with Crippen LogP contribution in [-0.4, -0.2) is 15.1 Å². The van der Waals surface area contributed by atoms with Crippen LogP contribution in [0.4, 0.5) is 5.69 Å². The number of benzene rings is 1. The van der Waals surface area contributed by atoms with E-state index in [0.717, 1.165) is 0 Å². The van der Waals surface area contributed by atoms with Crippen LogP contribution >= 0.6 is 15.9 Å². The molecule has 0 unspecified atom stereocenters. The second-order valence-electron chi connectivity index (χ2n) is 2.66. The third kappa shape index (κ3) is 1.13. The molecule has 1 heterocycles. The third-order valence-electron chi connectivity index (χ3n) is 1.86. The van der Waals surface area contributed by atoms with Crippen LogP contribution < -0.4 is 5.56 Å². The van der Waals surface area contributed by atoms with Crippen molar-refractivity contribution < 1.29 is 4.92 Å². The summed E-state index contributed by atoms with van der Waals surface area (Å²) in [5.41, 5.74) is 0.0330. The third-order valence-corrected chi connectivity index (χ3v) is 2.66. The first-order valence-corrected chi connectivity index (χ1v) is 4.44. The van der Waals surface area contributed by atoms with Crippen LogP contribution in [-0.2, 0) is 0 Å². The van der Waals surface area contributed by atoms with Gasteiger partial charge in [-0.05, 0) is 22.0 Å². The van der Waals surface area contributed by atoms with Gasteiger partial charge in [-0.2, -0.15) is 0 Å². The monoisotopic (exact) mass is 257 g/mol. The van der Waals surface area contributed by atoms with Crippen LogP contribution in [0.25, 0.3) is 10.9 Å². The standard InChI is InChI=1S/C7H4BrN3O3/c8-6-4(11(13)14)2-1-3-5(6)7(12)10-9-3/h1-2H,(H2,9,10,12). The Labute approximate surface area is 85.2 Å². The van der Waals surface area contributed by atoms with Gasteiger partial charge in [0, 0.05) is 6.07 Å². The second-order valence-corrected chi connectivity index (χ2v) is 3.45. The maximum atomic E-state index is 11.2. The number of H-pyrrole nitrogens is 2. The maximum Gasteiger partial charge on any atom is 0.284 e. The van der Waals surface area contributed by atoms with Crippen LogP contribution in [0.1, 0.15) is 0 Å². The number of fused-ring (bicyclic) bond motifs is 1. The van der Waals surface area contributed by atoms with Gasteiger partial charge in [-0.1, -0.05) is 0 Å². The number of aromatic nitrogens is 2. The molecular weight excluding hydrogens is 254 g/mol. The predicted octanol–water partition coefficient (Wildman–Crippen LogP) is 1.53. The summed E-state index contributed by atoms with van der Waals surface area (Å²) >= 11 is 3.03. The van der Waals surface area contributed by atoms with Crippen molar-refractivity contribution in [3.8, 4) is 0 Å². The van der Waals surface area contributed by atoms with E-state index in [1.54, 1.807) is 0 Å². The number of rotatable bonds is 1. The van der Waals surface area contributed by atoms with Crippen molar-refractivity contribution in [1.29, 1.82) is 0 Å². The van der Waals surface area contributed by atoms with Gasteiger partial charge >= 0.3 is 0 Å². The Morgan fingerprint density at radius 1 is 1.36 bits per heavy atom. The number of hydrogen-bond donors (Lipinski definition) is 2. The zero-order valence-corrected chi connectivity index (χ0v) is 8.29. The van der Waals surface area contributed by atoms with E-state index < -0.39 is 4.92 Å². The smallest absolute Gasteiger partial charge is 0.284 e. The number of nitrogens with zero attached hydrogens (tertiary/aromatic N) is 1. The van der Waals surface area contributed by atoms with E-state index in [0.29, 0.717) is 5.52 Å². The highest BCUT2D eigenvalue weighted by Crippen LogP contribution is 2.29. The molecule has 2 rings (SSSR count). The van der Waals surface area contributed by atoms with Crippen LogP contribution in [0.2, 0.25) is 0 Å². The zero-order chi connectivity index (χ0) is 10.3. The minimum Gasteiger partial charge on any atom is -0.297 e. The lowest BCUT2D eigenvalue weighted by molar-refractivity contribution is -0.385. The first-order valence-electron chi connectivity index (χ1n) is 3.64. The van der Waals surface area contributed by atoms with E-state index in [2.05, 4.69) is 26.1 Å². The Balaban J connectivity index is 2.93. The van der Waals surface area contributed by atoms with Crippen LogP contribution in [0.5, 0.6) is 0 Å². The first kappa shape index (κ1) is 8.95. The van der Waals surface area contributed by atoms with Gasteiger partial charge in [-0.15, -0.1) is 0 Å².